The number of hydrogen-bond donors (Lipinski definition) is 2. The number of hydrogen-bond acceptors (Lipinski definition) is 5. The minimum absolute atomic E-state index is 0.168. The molecule has 1 aromatic rings. The van der Waals surface area contributed by atoms with Crippen molar-refractivity contribution in [2.75, 3.05) is 19.0 Å². The molecular formula is C16H17N3O4. The second-order valence-electron chi connectivity index (χ2n) is 4.48. The third-order valence-electron chi connectivity index (χ3n) is 2.84. The van der Waals surface area contributed by atoms with Crippen molar-refractivity contribution in [3.8, 4) is 6.07 Å². The zero-order valence-corrected chi connectivity index (χ0v) is 13.1. The van der Waals surface area contributed by atoms with E-state index in [9.17, 15) is 14.4 Å². The summed E-state index contributed by atoms with van der Waals surface area (Å²) in [6.45, 7) is 3.53. The van der Waals surface area contributed by atoms with E-state index >= 15 is 0 Å². The first kappa shape index (κ1) is 17.9. The van der Waals surface area contributed by atoms with Gasteiger partial charge in [-0.3, -0.25) is 9.59 Å². The van der Waals surface area contributed by atoms with Crippen molar-refractivity contribution in [1.82, 2.24) is 5.32 Å². The molecule has 7 heteroatoms. The van der Waals surface area contributed by atoms with Crippen LogP contribution in [0.1, 0.15) is 28.4 Å². The fraction of sp³-hybridized carbons (Fsp3) is 0.250. The van der Waals surface area contributed by atoms with Gasteiger partial charge in [0.15, 0.2) is 0 Å². The maximum absolute atomic E-state index is 11.9. The SMILES string of the molecule is CCOC(=O)C=CC(=O)Nc1c(C)cc(C#N)cc1C(=O)NC. The summed E-state index contributed by atoms with van der Waals surface area (Å²) in [5, 5.41) is 14.0. The molecule has 23 heavy (non-hydrogen) atoms. The molecule has 0 radical (unpaired) electrons. The number of amides is 2. The topological polar surface area (TPSA) is 108 Å². The first-order valence-electron chi connectivity index (χ1n) is 6.85. The summed E-state index contributed by atoms with van der Waals surface area (Å²) < 4.78 is 4.67. The van der Waals surface area contributed by atoms with Gasteiger partial charge in [0, 0.05) is 19.2 Å². The molecule has 2 N–H and O–H groups in total. The van der Waals surface area contributed by atoms with Crippen molar-refractivity contribution < 1.29 is 19.1 Å². The number of nitriles is 1. The third-order valence-corrected chi connectivity index (χ3v) is 2.84. The molecule has 120 valence electrons. The average Bonchev–Trinajstić information content (AvgIpc) is 2.54. The van der Waals surface area contributed by atoms with E-state index in [1.54, 1.807) is 19.9 Å². The maximum atomic E-state index is 11.9. The first-order valence-corrected chi connectivity index (χ1v) is 6.85. The van der Waals surface area contributed by atoms with Gasteiger partial charge in [0.25, 0.3) is 5.91 Å². The number of nitrogens with one attached hydrogen (secondary N) is 2. The summed E-state index contributed by atoms with van der Waals surface area (Å²) in [6.07, 6.45) is 2.01. The van der Waals surface area contributed by atoms with E-state index in [0.29, 0.717) is 11.1 Å². The third kappa shape index (κ3) is 4.97. The van der Waals surface area contributed by atoms with Crippen LogP contribution in [-0.4, -0.2) is 31.4 Å². The van der Waals surface area contributed by atoms with Crippen LogP contribution in [0.5, 0.6) is 0 Å². The summed E-state index contributed by atoms with van der Waals surface area (Å²) in [5.74, 6) is -1.66. The number of carbonyl (C=O) groups is 3. The molecule has 0 heterocycles. The Morgan fingerprint density at radius 3 is 2.57 bits per heavy atom. The molecule has 1 rings (SSSR count). The van der Waals surface area contributed by atoms with E-state index in [4.69, 9.17) is 5.26 Å². The zero-order chi connectivity index (χ0) is 17.4. The maximum Gasteiger partial charge on any atom is 0.330 e. The number of nitrogens with zero attached hydrogens (tertiary/aromatic N) is 1. The van der Waals surface area contributed by atoms with Gasteiger partial charge in [-0.2, -0.15) is 5.26 Å². The zero-order valence-electron chi connectivity index (χ0n) is 13.1. The molecule has 0 aromatic heterocycles. The van der Waals surface area contributed by atoms with Gasteiger partial charge in [-0.1, -0.05) is 0 Å². The van der Waals surface area contributed by atoms with Crippen molar-refractivity contribution >= 4 is 23.5 Å². The Bertz CT molecular complexity index is 702. The predicted molar refractivity (Wildman–Crippen MR) is 83.7 cm³/mol. The number of esters is 1. The smallest absolute Gasteiger partial charge is 0.330 e. The van der Waals surface area contributed by atoms with Crippen LogP contribution in [0.25, 0.3) is 0 Å². The molecule has 0 fully saturated rings. The molecule has 0 unspecified atom stereocenters. The van der Waals surface area contributed by atoms with Gasteiger partial charge in [0.05, 0.1) is 29.5 Å². The Hall–Kier alpha value is -3.14. The molecule has 0 aliphatic carbocycles. The van der Waals surface area contributed by atoms with Crippen LogP contribution >= 0.6 is 0 Å². The Morgan fingerprint density at radius 1 is 1.30 bits per heavy atom. The number of carbonyl (C=O) groups excluding carboxylic acids is 3. The number of anilines is 1. The lowest BCUT2D eigenvalue weighted by atomic mass is 10.0. The molecule has 0 bridgehead atoms. The quantitative estimate of drug-likeness (QED) is 0.628. The van der Waals surface area contributed by atoms with E-state index in [-0.39, 0.29) is 17.9 Å². The lowest BCUT2D eigenvalue weighted by Crippen LogP contribution is -2.22. The summed E-state index contributed by atoms with van der Waals surface area (Å²) in [7, 11) is 1.45. The van der Waals surface area contributed by atoms with Crippen molar-refractivity contribution in [2.45, 2.75) is 13.8 Å². The molecular weight excluding hydrogens is 298 g/mol. The summed E-state index contributed by atoms with van der Waals surface area (Å²) >= 11 is 0. The van der Waals surface area contributed by atoms with E-state index in [2.05, 4.69) is 15.4 Å². The molecule has 0 aliphatic heterocycles. The number of benzene rings is 1. The highest BCUT2D eigenvalue weighted by atomic mass is 16.5. The van der Waals surface area contributed by atoms with Crippen LogP contribution in [0.2, 0.25) is 0 Å². The molecule has 0 saturated heterocycles. The minimum atomic E-state index is -0.634. The molecule has 0 atom stereocenters. The van der Waals surface area contributed by atoms with Crippen LogP contribution < -0.4 is 10.6 Å². The molecule has 7 nitrogen and oxygen atoms in total. The lowest BCUT2D eigenvalue weighted by molar-refractivity contribution is -0.137. The van der Waals surface area contributed by atoms with Crippen LogP contribution in [0, 0.1) is 18.3 Å². The largest absolute Gasteiger partial charge is 0.463 e. The normalized spacial score (nSPS) is 10.0. The molecule has 0 spiro atoms. The Morgan fingerprint density at radius 2 is 2.00 bits per heavy atom. The second kappa shape index (κ2) is 8.34. The highest BCUT2D eigenvalue weighted by molar-refractivity contribution is 6.08. The second-order valence-corrected chi connectivity index (χ2v) is 4.48. The fourth-order valence-corrected chi connectivity index (χ4v) is 1.83. The van der Waals surface area contributed by atoms with Crippen molar-refractivity contribution in [3.05, 3.63) is 41.0 Å². The van der Waals surface area contributed by atoms with Gasteiger partial charge >= 0.3 is 5.97 Å². The van der Waals surface area contributed by atoms with Crippen molar-refractivity contribution in [2.24, 2.45) is 0 Å². The highest BCUT2D eigenvalue weighted by Gasteiger charge is 2.15. The predicted octanol–water partition coefficient (Wildman–Crippen LogP) is 1.28. The Balaban J connectivity index is 3.08. The van der Waals surface area contributed by atoms with Gasteiger partial charge in [0.1, 0.15) is 0 Å². The van der Waals surface area contributed by atoms with Crippen molar-refractivity contribution in [1.29, 1.82) is 5.26 Å². The van der Waals surface area contributed by atoms with Gasteiger partial charge in [0.2, 0.25) is 5.91 Å². The summed E-state index contributed by atoms with van der Waals surface area (Å²) in [4.78, 5) is 35.0. The van der Waals surface area contributed by atoms with Gasteiger partial charge in [-0.25, -0.2) is 4.79 Å². The van der Waals surface area contributed by atoms with Gasteiger partial charge in [-0.15, -0.1) is 0 Å². The molecule has 1 aromatic carbocycles. The first-order chi connectivity index (χ1) is 10.9. The van der Waals surface area contributed by atoms with Crippen LogP contribution in [-0.2, 0) is 14.3 Å². The van der Waals surface area contributed by atoms with E-state index < -0.39 is 17.8 Å². The van der Waals surface area contributed by atoms with Gasteiger partial charge in [-0.05, 0) is 31.5 Å². The number of aryl methyl sites for hydroxylation is 1. The average molecular weight is 315 g/mol. The Kier molecular flexibility index (Phi) is 6.49. The van der Waals surface area contributed by atoms with Crippen LogP contribution in [0.4, 0.5) is 5.69 Å². The fourth-order valence-electron chi connectivity index (χ4n) is 1.83. The van der Waals surface area contributed by atoms with Gasteiger partial charge < -0.3 is 15.4 Å². The minimum Gasteiger partial charge on any atom is -0.463 e. The van der Waals surface area contributed by atoms with E-state index in [0.717, 1.165) is 12.2 Å². The monoisotopic (exact) mass is 315 g/mol. The number of rotatable bonds is 5. The van der Waals surface area contributed by atoms with E-state index in [1.165, 1.54) is 13.1 Å². The molecule has 0 aliphatic rings. The Labute approximate surface area is 133 Å². The molecule has 2 amide bonds. The summed E-state index contributed by atoms with van der Waals surface area (Å²) in [6, 6.07) is 4.89. The highest BCUT2D eigenvalue weighted by Crippen LogP contribution is 2.23. The van der Waals surface area contributed by atoms with Crippen LogP contribution in [0.3, 0.4) is 0 Å². The summed E-state index contributed by atoms with van der Waals surface area (Å²) in [5.41, 5.74) is 1.31. The van der Waals surface area contributed by atoms with E-state index in [1.807, 2.05) is 6.07 Å². The van der Waals surface area contributed by atoms with Crippen LogP contribution in [0.15, 0.2) is 24.3 Å². The lowest BCUT2D eigenvalue weighted by Gasteiger charge is -2.12. The van der Waals surface area contributed by atoms with Crippen molar-refractivity contribution in [3.63, 3.8) is 0 Å². The number of ether oxygens (including phenoxy) is 1. The standard InChI is InChI=1S/C16H17N3O4/c1-4-23-14(21)6-5-13(20)19-15-10(2)7-11(9-17)8-12(15)16(22)18-3/h5-8H,4H2,1-3H3,(H,18,22)(H,19,20). The molecule has 0 saturated carbocycles.